The Morgan fingerprint density at radius 2 is 1.89 bits per heavy atom. The van der Waals surface area contributed by atoms with Crippen molar-refractivity contribution in [2.75, 3.05) is 6.54 Å². The van der Waals surface area contributed by atoms with Crippen LogP contribution in [0.25, 0.3) is 0 Å². The van der Waals surface area contributed by atoms with Gasteiger partial charge in [-0.1, -0.05) is 6.92 Å². The number of hydrogen-bond donors (Lipinski definition) is 1. The molecule has 0 radical (unpaired) electrons. The second kappa shape index (κ2) is 4.96. The van der Waals surface area contributed by atoms with Gasteiger partial charge in [0.1, 0.15) is 6.04 Å². The van der Waals surface area contributed by atoms with Crippen LogP contribution in [-0.4, -0.2) is 51.3 Å². The molecule has 2 aliphatic rings. The Morgan fingerprint density at radius 1 is 1.26 bits per heavy atom. The molecule has 0 spiro atoms. The van der Waals surface area contributed by atoms with Crippen LogP contribution in [0.5, 0.6) is 0 Å². The van der Waals surface area contributed by atoms with Crippen LogP contribution in [0.1, 0.15) is 26.7 Å². The highest BCUT2D eigenvalue weighted by molar-refractivity contribution is 7.96. The maximum Gasteiger partial charge on any atom is 0.246 e. The van der Waals surface area contributed by atoms with Gasteiger partial charge in [0.05, 0.1) is 6.54 Å². The zero-order valence-corrected chi connectivity index (χ0v) is 11.7. The third kappa shape index (κ3) is 2.39. The first-order valence-corrected chi connectivity index (χ1v) is 6.65. The van der Waals surface area contributed by atoms with Crippen molar-refractivity contribution in [2.24, 2.45) is 5.92 Å². The molecular formula is C12H16N2O4S. The standard InChI is InChI=1S/C12H16N2O4S/c1-6-3-9(15)14(11(6)17)8-4-7(2)13(12(8)18)5-10(16)19/h6-8H,3-5H2,1-2H3,(H,16,19). The lowest BCUT2D eigenvalue weighted by Crippen LogP contribution is -2.46. The second-order valence-corrected chi connectivity index (χ2v) is 5.67. The lowest BCUT2D eigenvalue weighted by atomic mass is 10.1. The fourth-order valence-electron chi connectivity index (χ4n) is 2.69. The first kappa shape index (κ1) is 14.0. The number of hydrogen-bond acceptors (Lipinski definition) is 4. The summed E-state index contributed by atoms with van der Waals surface area (Å²) in [7, 11) is 0. The number of carbonyl (C=O) groups excluding carboxylic acids is 4. The minimum absolute atomic E-state index is 0.0919. The molecule has 3 atom stereocenters. The smallest absolute Gasteiger partial charge is 0.246 e. The van der Waals surface area contributed by atoms with Crippen molar-refractivity contribution in [2.45, 2.75) is 38.8 Å². The lowest BCUT2D eigenvalue weighted by Gasteiger charge is -2.22. The molecule has 3 amide bonds. The van der Waals surface area contributed by atoms with E-state index in [0.29, 0.717) is 6.42 Å². The SMILES string of the molecule is CC1CC(=O)N(C2CC(C)N(CC(=O)S)C2=O)C1=O. The monoisotopic (exact) mass is 284 g/mol. The summed E-state index contributed by atoms with van der Waals surface area (Å²) in [4.78, 5) is 49.5. The molecule has 7 heteroatoms. The highest BCUT2D eigenvalue weighted by atomic mass is 32.1. The Morgan fingerprint density at radius 3 is 2.37 bits per heavy atom. The number of carbonyl (C=O) groups is 4. The van der Waals surface area contributed by atoms with E-state index in [9.17, 15) is 19.2 Å². The van der Waals surface area contributed by atoms with Crippen molar-refractivity contribution < 1.29 is 19.2 Å². The van der Waals surface area contributed by atoms with Gasteiger partial charge >= 0.3 is 0 Å². The first-order valence-electron chi connectivity index (χ1n) is 6.21. The largest absolute Gasteiger partial charge is 0.330 e. The van der Waals surface area contributed by atoms with Gasteiger partial charge in [0, 0.05) is 18.4 Å². The number of imide groups is 1. The van der Waals surface area contributed by atoms with E-state index in [1.807, 2.05) is 0 Å². The summed E-state index contributed by atoms with van der Waals surface area (Å²) in [6, 6.07) is -0.933. The molecule has 2 aliphatic heterocycles. The Balaban J connectivity index is 2.19. The topological polar surface area (TPSA) is 74.8 Å². The van der Waals surface area contributed by atoms with Crippen LogP contribution in [0.3, 0.4) is 0 Å². The minimum atomic E-state index is -0.757. The van der Waals surface area contributed by atoms with Crippen molar-refractivity contribution in [3.8, 4) is 0 Å². The van der Waals surface area contributed by atoms with Crippen molar-refractivity contribution in [1.29, 1.82) is 0 Å². The van der Waals surface area contributed by atoms with Crippen molar-refractivity contribution in [3.05, 3.63) is 0 Å². The van der Waals surface area contributed by atoms with Gasteiger partial charge in [0.15, 0.2) is 0 Å². The fourth-order valence-corrected chi connectivity index (χ4v) is 2.84. The lowest BCUT2D eigenvalue weighted by molar-refractivity contribution is -0.148. The van der Waals surface area contributed by atoms with E-state index in [-0.39, 0.29) is 42.6 Å². The molecule has 0 saturated carbocycles. The third-order valence-corrected chi connectivity index (χ3v) is 3.83. The van der Waals surface area contributed by atoms with Crippen LogP contribution in [0.4, 0.5) is 0 Å². The van der Waals surface area contributed by atoms with E-state index in [4.69, 9.17) is 0 Å². The Kier molecular flexibility index (Phi) is 3.66. The van der Waals surface area contributed by atoms with Gasteiger partial charge in [0.25, 0.3) is 0 Å². The van der Waals surface area contributed by atoms with Gasteiger partial charge in [-0.05, 0) is 13.3 Å². The molecule has 0 aliphatic carbocycles. The highest BCUT2D eigenvalue weighted by Crippen LogP contribution is 2.29. The second-order valence-electron chi connectivity index (χ2n) is 5.17. The van der Waals surface area contributed by atoms with E-state index in [1.54, 1.807) is 13.8 Å². The molecule has 0 bridgehead atoms. The molecule has 6 nitrogen and oxygen atoms in total. The summed E-state index contributed by atoms with van der Waals surface area (Å²) in [6.07, 6.45) is 0.534. The highest BCUT2D eigenvalue weighted by Gasteiger charge is 2.48. The van der Waals surface area contributed by atoms with Crippen molar-refractivity contribution in [1.82, 2.24) is 9.80 Å². The summed E-state index contributed by atoms with van der Waals surface area (Å²) in [6.45, 7) is 3.38. The quantitative estimate of drug-likeness (QED) is 0.576. The Labute approximate surface area is 116 Å². The van der Waals surface area contributed by atoms with E-state index >= 15 is 0 Å². The molecule has 0 aromatic carbocycles. The summed E-state index contributed by atoms with van der Waals surface area (Å²) in [5, 5.41) is -0.409. The van der Waals surface area contributed by atoms with Crippen LogP contribution in [0.15, 0.2) is 0 Å². The third-order valence-electron chi connectivity index (χ3n) is 3.69. The van der Waals surface area contributed by atoms with Gasteiger partial charge < -0.3 is 4.90 Å². The maximum atomic E-state index is 12.2. The average Bonchev–Trinajstić information content (AvgIpc) is 2.70. The summed E-state index contributed by atoms with van der Waals surface area (Å²) in [5.74, 6) is -1.31. The zero-order chi connectivity index (χ0) is 14.3. The predicted molar refractivity (Wildman–Crippen MR) is 69.2 cm³/mol. The predicted octanol–water partition coefficient (Wildman–Crippen LogP) is -0.173. The van der Waals surface area contributed by atoms with Crippen molar-refractivity contribution >= 4 is 35.5 Å². The zero-order valence-electron chi connectivity index (χ0n) is 10.8. The number of nitrogens with zero attached hydrogens (tertiary/aromatic N) is 2. The number of amides is 3. The van der Waals surface area contributed by atoms with Crippen LogP contribution in [0, 0.1) is 5.92 Å². The van der Waals surface area contributed by atoms with E-state index in [0.717, 1.165) is 4.90 Å². The number of thiol groups is 1. The van der Waals surface area contributed by atoms with Gasteiger partial charge in [-0.15, -0.1) is 12.6 Å². The molecule has 19 heavy (non-hydrogen) atoms. The van der Waals surface area contributed by atoms with E-state index < -0.39 is 11.2 Å². The van der Waals surface area contributed by atoms with E-state index in [1.165, 1.54) is 4.90 Å². The Bertz CT molecular complexity index is 465. The van der Waals surface area contributed by atoms with Gasteiger partial charge in [-0.2, -0.15) is 0 Å². The van der Waals surface area contributed by atoms with Gasteiger partial charge in [-0.25, -0.2) is 0 Å². The van der Waals surface area contributed by atoms with Crippen LogP contribution >= 0.6 is 12.6 Å². The maximum absolute atomic E-state index is 12.2. The summed E-state index contributed by atoms with van der Waals surface area (Å²) in [5.41, 5.74) is 0. The van der Waals surface area contributed by atoms with Crippen LogP contribution in [0.2, 0.25) is 0 Å². The van der Waals surface area contributed by atoms with Crippen molar-refractivity contribution in [3.63, 3.8) is 0 Å². The average molecular weight is 284 g/mol. The molecule has 2 fully saturated rings. The molecular weight excluding hydrogens is 268 g/mol. The molecule has 0 aromatic heterocycles. The summed E-state index contributed by atoms with van der Waals surface area (Å²) < 4.78 is 0. The first-order chi connectivity index (χ1) is 8.82. The van der Waals surface area contributed by atoms with E-state index in [2.05, 4.69) is 12.6 Å². The molecule has 3 unspecified atom stereocenters. The molecule has 104 valence electrons. The molecule has 2 rings (SSSR count). The molecule has 0 aromatic rings. The van der Waals surface area contributed by atoms with Gasteiger partial charge in [0.2, 0.25) is 22.8 Å². The van der Waals surface area contributed by atoms with Crippen LogP contribution < -0.4 is 0 Å². The Hall–Kier alpha value is -1.37. The minimum Gasteiger partial charge on any atom is -0.330 e. The number of rotatable bonds is 3. The summed E-state index contributed by atoms with van der Waals surface area (Å²) >= 11 is 3.66. The molecule has 2 heterocycles. The fraction of sp³-hybridized carbons (Fsp3) is 0.667. The molecule has 0 N–H and O–H groups in total. The normalized spacial score (nSPS) is 31.5. The number of likely N-dealkylation sites (tertiary alicyclic amines) is 2. The van der Waals surface area contributed by atoms with Crippen LogP contribution in [-0.2, 0) is 19.2 Å². The van der Waals surface area contributed by atoms with Gasteiger partial charge in [-0.3, -0.25) is 24.1 Å². The molecule has 2 saturated heterocycles.